The Morgan fingerprint density at radius 1 is 1.04 bits per heavy atom. The minimum atomic E-state index is 0.566. The average Bonchev–Trinajstić information content (AvgIpc) is 2.65. The second kappa shape index (κ2) is 11.2. The van der Waals surface area contributed by atoms with Crippen LogP contribution in [0.2, 0.25) is 5.02 Å². The summed E-state index contributed by atoms with van der Waals surface area (Å²) in [6.07, 6.45) is 1.14. The fraction of sp³-hybridized carbons (Fsp3) is 0.455. The van der Waals surface area contributed by atoms with Gasteiger partial charge >= 0.3 is 0 Å². The van der Waals surface area contributed by atoms with E-state index in [2.05, 4.69) is 55.3 Å². The van der Waals surface area contributed by atoms with E-state index in [1.165, 1.54) is 11.1 Å². The molecule has 0 bridgehead atoms. The molecular formula is C22H31ClN2O. The van der Waals surface area contributed by atoms with Gasteiger partial charge in [-0.05, 0) is 63.3 Å². The van der Waals surface area contributed by atoms with E-state index in [0.717, 1.165) is 55.5 Å². The molecule has 142 valence electrons. The molecule has 0 saturated heterocycles. The summed E-state index contributed by atoms with van der Waals surface area (Å²) in [7, 11) is 0. The second-order valence-corrected chi connectivity index (χ2v) is 7.02. The standard InChI is InChI=1S/C22H31ClN2O/c1-4-25(5-2)14-6-13-24-16-20-15-21(23)11-12-22(20)26-17-19-9-7-18(3)8-10-19/h7-12,15,24H,4-6,13-14,16-17H2,1-3H3. The van der Waals surface area contributed by atoms with Crippen molar-refractivity contribution in [2.75, 3.05) is 26.2 Å². The van der Waals surface area contributed by atoms with Crippen LogP contribution in [0.4, 0.5) is 0 Å². The van der Waals surface area contributed by atoms with Gasteiger partial charge in [-0.1, -0.05) is 55.3 Å². The van der Waals surface area contributed by atoms with Gasteiger partial charge in [-0.25, -0.2) is 0 Å². The zero-order valence-electron chi connectivity index (χ0n) is 16.2. The Balaban J connectivity index is 1.85. The van der Waals surface area contributed by atoms with Gasteiger partial charge < -0.3 is 15.0 Å². The summed E-state index contributed by atoms with van der Waals surface area (Å²) in [5.74, 6) is 0.895. The monoisotopic (exact) mass is 374 g/mol. The van der Waals surface area contributed by atoms with Crippen LogP contribution in [0.15, 0.2) is 42.5 Å². The lowest BCUT2D eigenvalue weighted by Gasteiger charge is -2.18. The van der Waals surface area contributed by atoms with E-state index in [1.54, 1.807) is 0 Å². The van der Waals surface area contributed by atoms with Crippen molar-refractivity contribution < 1.29 is 4.74 Å². The van der Waals surface area contributed by atoms with Crippen molar-refractivity contribution >= 4 is 11.6 Å². The molecule has 0 aliphatic heterocycles. The lowest BCUT2D eigenvalue weighted by Crippen LogP contribution is -2.27. The van der Waals surface area contributed by atoms with Crippen molar-refractivity contribution in [3.8, 4) is 5.75 Å². The smallest absolute Gasteiger partial charge is 0.124 e. The van der Waals surface area contributed by atoms with Gasteiger partial charge in [0.2, 0.25) is 0 Å². The maximum Gasteiger partial charge on any atom is 0.124 e. The number of hydrogen-bond acceptors (Lipinski definition) is 3. The number of aryl methyl sites for hydroxylation is 1. The van der Waals surface area contributed by atoms with E-state index < -0.39 is 0 Å². The van der Waals surface area contributed by atoms with Gasteiger partial charge in [0, 0.05) is 17.1 Å². The van der Waals surface area contributed by atoms with Crippen LogP contribution in [0.25, 0.3) is 0 Å². The van der Waals surface area contributed by atoms with E-state index in [1.807, 2.05) is 18.2 Å². The van der Waals surface area contributed by atoms with Gasteiger partial charge in [0.15, 0.2) is 0 Å². The Labute approximate surface area is 163 Å². The van der Waals surface area contributed by atoms with Crippen LogP contribution in [-0.4, -0.2) is 31.1 Å². The molecule has 1 N–H and O–H groups in total. The molecular weight excluding hydrogens is 344 g/mol. The van der Waals surface area contributed by atoms with Crippen molar-refractivity contribution in [1.29, 1.82) is 0 Å². The summed E-state index contributed by atoms with van der Waals surface area (Å²) in [6.45, 7) is 12.2. The molecule has 3 nitrogen and oxygen atoms in total. The first-order valence-electron chi connectivity index (χ1n) is 9.52. The van der Waals surface area contributed by atoms with E-state index in [-0.39, 0.29) is 0 Å². The highest BCUT2D eigenvalue weighted by Gasteiger charge is 2.06. The zero-order chi connectivity index (χ0) is 18.8. The molecule has 0 radical (unpaired) electrons. The number of benzene rings is 2. The molecule has 0 fully saturated rings. The normalized spacial score (nSPS) is 11.1. The molecule has 0 atom stereocenters. The highest BCUT2D eigenvalue weighted by Crippen LogP contribution is 2.24. The SMILES string of the molecule is CCN(CC)CCCNCc1cc(Cl)ccc1OCc1ccc(C)cc1. The van der Waals surface area contributed by atoms with Crippen LogP contribution in [0.1, 0.15) is 37.0 Å². The molecule has 0 amide bonds. The first kappa shape index (κ1) is 20.8. The number of nitrogens with zero attached hydrogens (tertiary/aromatic N) is 1. The Kier molecular flexibility index (Phi) is 8.96. The van der Waals surface area contributed by atoms with Crippen molar-refractivity contribution in [2.45, 2.75) is 40.3 Å². The summed E-state index contributed by atoms with van der Waals surface area (Å²) in [4.78, 5) is 2.44. The third-order valence-corrected chi connectivity index (χ3v) is 4.81. The van der Waals surface area contributed by atoms with E-state index in [0.29, 0.717) is 6.61 Å². The number of nitrogens with one attached hydrogen (secondary N) is 1. The van der Waals surface area contributed by atoms with E-state index in [4.69, 9.17) is 16.3 Å². The van der Waals surface area contributed by atoms with E-state index in [9.17, 15) is 0 Å². The van der Waals surface area contributed by atoms with Crippen molar-refractivity contribution in [2.24, 2.45) is 0 Å². The zero-order valence-corrected chi connectivity index (χ0v) is 17.0. The molecule has 2 rings (SSSR count). The van der Waals surface area contributed by atoms with Crippen LogP contribution in [0.3, 0.4) is 0 Å². The lowest BCUT2D eigenvalue weighted by molar-refractivity contribution is 0.295. The van der Waals surface area contributed by atoms with Crippen LogP contribution < -0.4 is 10.1 Å². The van der Waals surface area contributed by atoms with Crippen molar-refractivity contribution in [3.63, 3.8) is 0 Å². The van der Waals surface area contributed by atoms with E-state index >= 15 is 0 Å². The topological polar surface area (TPSA) is 24.5 Å². The first-order valence-corrected chi connectivity index (χ1v) is 9.90. The number of halogens is 1. The van der Waals surface area contributed by atoms with Gasteiger partial charge in [-0.15, -0.1) is 0 Å². The largest absolute Gasteiger partial charge is 0.489 e. The first-order chi connectivity index (χ1) is 12.6. The maximum atomic E-state index is 6.18. The molecule has 0 aromatic heterocycles. The Morgan fingerprint density at radius 2 is 1.77 bits per heavy atom. The third kappa shape index (κ3) is 6.99. The molecule has 0 saturated carbocycles. The molecule has 2 aromatic carbocycles. The van der Waals surface area contributed by atoms with Crippen LogP contribution in [0.5, 0.6) is 5.75 Å². The molecule has 4 heteroatoms. The Hall–Kier alpha value is -1.55. The minimum Gasteiger partial charge on any atom is -0.489 e. The quantitative estimate of drug-likeness (QED) is 0.557. The van der Waals surface area contributed by atoms with Crippen LogP contribution in [0, 0.1) is 6.92 Å². The van der Waals surface area contributed by atoms with Gasteiger partial charge in [0.25, 0.3) is 0 Å². The molecule has 2 aromatic rings. The number of rotatable bonds is 11. The van der Waals surface area contributed by atoms with Gasteiger partial charge in [0.1, 0.15) is 12.4 Å². The summed E-state index contributed by atoms with van der Waals surface area (Å²) >= 11 is 6.18. The Bertz CT molecular complexity index is 654. The molecule has 0 aliphatic rings. The molecule has 0 heterocycles. The highest BCUT2D eigenvalue weighted by atomic mass is 35.5. The molecule has 26 heavy (non-hydrogen) atoms. The van der Waals surface area contributed by atoms with Gasteiger partial charge in [-0.2, -0.15) is 0 Å². The van der Waals surface area contributed by atoms with Gasteiger partial charge in [-0.3, -0.25) is 0 Å². The fourth-order valence-electron chi connectivity index (χ4n) is 2.86. The predicted molar refractivity (Wildman–Crippen MR) is 111 cm³/mol. The molecule has 0 spiro atoms. The van der Waals surface area contributed by atoms with Crippen molar-refractivity contribution in [1.82, 2.24) is 10.2 Å². The fourth-order valence-corrected chi connectivity index (χ4v) is 3.06. The Morgan fingerprint density at radius 3 is 2.46 bits per heavy atom. The van der Waals surface area contributed by atoms with Gasteiger partial charge in [0.05, 0.1) is 0 Å². The number of ether oxygens (including phenoxy) is 1. The summed E-state index contributed by atoms with van der Waals surface area (Å²) in [5, 5.41) is 4.26. The maximum absolute atomic E-state index is 6.18. The highest BCUT2D eigenvalue weighted by molar-refractivity contribution is 6.30. The summed E-state index contributed by atoms with van der Waals surface area (Å²) < 4.78 is 6.04. The summed E-state index contributed by atoms with van der Waals surface area (Å²) in [5.41, 5.74) is 3.53. The third-order valence-electron chi connectivity index (χ3n) is 4.58. The average molecular weight is 375 g/mol. The van der Waals surface area contributed by atoms with Crippen LogP contribution >= 0.6 is 11.6 Å². The van der Waals surface area contributed by atoms with Crippen LogP contribution in [-0.2, 0) is 13.2 Å². The molecule has 0 unspecified atom stereocenters. The minimum absolute atomic E-state index is 0.566. The van der Waals surface area contributed by atoms with Crippen molar-refractivity contribution in [3.05, 3.63) is 64.2 Å². The lowest BCUT2D eigenvalue weighted by atomic mass is 10.1. The number of hydrogen-bond donors (Lipinski definition) is 1. The molecule has 0 aliphatic carbocycles. The second-order valence-electron chi connectivity index (χ2n) is 6.58. The predicted octanol–water partition coefficient (Wildman–Crippen LogP) is 5.05. The summed E-state index contributed by atoms with van der Waals surface area (Å²) in [6, 6.07) is 14.3.